The van der Waals surface area contributed by atoms with Gasteiger partial charge in [0.1, 0.15) is 5.82 Å². The van der Waals surface area contributed by atoms with Crippen molar-refractivity contribution >= 4 is 11.8 Å². The molecule has 2 aromatic rings. The van der Waals surface area contributed by atoms with E-state index in [-0.39, 0.29) is 0 Å². The highest BCUT2D eigenvalue weighted by Gasteiger charge is 2.12. The van der Waals surface area contributed by atoms with Crippen LogP contribution >= 0.6 is 0 Å². The molecule has 1 saturated heterocycles. The molecule has 1 fully saturated rings. The summed E-state index contributed by atoms with van der Waals surface area (Å²) < 4.78 is 0. The van der Waals surface area contributed by atoms with Crippen molar-refractivity contribution in [1.82, 2.24) is 15.3 Å². The van der Waals surface area contributed by atoms with Gasteiger partial charge in [0.2, 0.25) is 5.95 Å². The van der Waals surface area contributed by atoms with Crippen molar-refractivity contribution in [3.8, 4) is 11.3 Å². The summed E-state index contributed by atoms with van der Waals surface area (Å²) in [7, 11) is 0. The van der Waals surface area contributed by atoms with Crippen molar-refractivity contribution < 1.29 is 0 Å². The first-order chi connectivity index (χ1) is 11.8. The lowest BCUT2D eigenvalue weighted by Gasteiger charge is -2.22. The Morgan fingerprint density at radius 1 is 1.08 bits per heavy atom. The van der Waals surface area contributed by atoms with Gasteiger partial charge in [0, 0.05) is 24.7 Å². The SMILES string of the molecule is CCNc1nc(NCCC2CCNCC2)cc(-c2ccccc2)n1. The average Bonchev–Trinajstić information content (AvgIpc) is 2.63. The van der Waals surface area contributed by atoms with Gasteiger partial charge >= 0.3 is 0 Å². The second kappa shape index (κ2) is 8.64. The monoisotopic (exact) mass is 325 g/mol. The molecule has 128 valence electrons. The van der Waals surface area contributed by atoms with Gasteiger partial charge in [0.25, 0.3) is 0 Å². The summed E-state index contributed by atoms with van der Waals surface area (Å²) in [6.45, 7) is 6.14. The van der Waals surface area contributed by atoms with Crippen LogP contribution in [0.2, 0.25) is 0 Å². The third kappa shape index (κ3) is 4.68. The van der Waals surface area contributed by atoms with E-state index in [0.717, 1.165) is 49.2 Å². The number of anilines is 2. The van der Waals surface area contributed by atoms with Crippen molar-refractivity contribution in [3.05, 3.63) is 36.4 Å². The highest BCUT2D eigenvalue weighted by atomic mass is 15.1. The number of piperidine rings is 1. The van der Waals surface area contributed by atoms with Crippen LogP contribution in [0, 0.1) is 5.92 Å². The Kier molecular flexibility index (Phi) is 6.01. The molecule has 0 unspecified atom stereocenters. The molecule has 2 heterocycles. The average molecular weight is 325 g/mol. The predicted molar refractivity (Wildman–Crippen MR) is 100 cm³/mol. The maximum Gasteiger partial charge on any atom is 0.225 e. The second-order valence-corrected chi connectivity index (χ2v) is 6.27. The Balaban J connectivity index is 1.68. The summed E-state index contributed by atoms with van der Waals surface area (Å²) in [5, 5.41) is 10.1. The first-order valence-corrected chi connectivity index (χ1v) is 8.98. The molecule has 0 bridgehead atoms. The van der Waals surface area contributed by atoms with Gasteiger partial charge in [-0.2, -0.15) is 4.98 Å². The Morgan fingerprint density at radius 3 is 2.62 bits per heavy atom. The number of hydrogen-bond donors (Lipinski definition) is 3. The largest absolute Gasteiger partial charge is 0.370 e. The van der Waals surface area contributed by atoms with Gasteiger partial charge in [-0.1, -0.05) is 30.3 Å². The van der Waals surface area contributed by atoms with Crippen LogP contribution in [-0.2, 0) is 0 Å². The molecule has 1 aromatic heterocycles. The van der Waals surface area contributed by atoms with Gasteiger partial charge in [-0.05, 0) is 45.2 Å². The van der Waals surface area contributed by atoms with Gasteiger partial charge < -0.3 is 16.0 Å². The molecule has 1 aromatic carbocycles. The molecule has 0 aliphatic carbocycles. The van der Waals surface area contributed by atoms with E-state index in [2.05, 4.69) is 45.0 Å². The van der Waals surface area contributed by atoms with Crippen LogP contribution in [-0.4, -0.2) is 36.1 Å². The molecule has 0 saturated carbocycles. The van der Waals surface area contributed by atoms with E-state index in [9.17, 15) is 0 Å². The highest BCUT2D eigenvalue weighted by Crippen LogP contribution is 2.22. The molecule has 5 heteroatoms. The third-order valence-corrected chi connectivity index (χ3v) is 4.45. The van der Waals surface area contributed by atoms with Crippen LogP contribution in [0.3, 0.4) is 0 Å². The Hall–Kier alpha value is -2.14. The zero-order valence-corrected chi connectivity index (χ0v) is 14.4. The minimum Gasteiger partial charge on any atom is -0.370 e. The van der Waals surface area contributed by atoms with Gasteiger partial charge in [0.15, 0.2) is 0 Å². The quantitative estimate of drug-likeness (QED) is 0.728. The molecule has 0 amide bonds. The van der Waals surface area contributed by atoms with E-state index in [1.165, 1.54) is 19.3 Å². The van der Waals surface area contributed by atoms with E-state index >= 15 is 0 Å². The molecule has 0 atom stereocenters. The standard InChI is InChI=1S/C19H27N5/c1-2-21-19-23-17(16-6-4-3-5-7-16)14-18(24-19)22-13-10-15-8-11-20-12-9-15/h3-7,14-15,20H,2,8-13H2,1H3,(H2,21,22,23,24). The molecule has 0 spiro atoms. The topological polar surface area (TPSA) is 61.9 Å². The summed E-state index contributed by atoms with van der Waals surface area (Å²) in [5.41, 5.74) is 2.06. The zero-order chi connectivity index (χ0) is 16.6. The molecule has 24 heavy (non-hydrogen) atoms. The van der Waals surface area contributed by atoms with E-state index in [1.54, 1.807) is 0 Å². The molecule has 5 nitrogen and oxygen atoms in total. The van der Waals surface area contributed by atoms with Crippen molar-refractivity contribution in [3.63, 3.8) is 0 Å². The summed E-state index contributed by atoms with van der Waals surface area (Å²) in [6, 6.07) is 12.3. The molecular formula is C19H27N5. The summed E-state index contributed by atoms with van der Waals surface area (Å²) in [4.78, 5) is 9.21. The van der Waals surface area contributed by atoms with Crippen molar-refractivity contribution in [2.75, 3.05) is 36.8 Å². The maximum atomic E-state index is 4.62. The minimum absolute atomic E-state index is 0.684. The minimum atomic E-state index is 0.684. The molecule has 1 aliphatic heterocycles. The van der Waals surface area contributed by atoms with Crippen molar-refractivity contribution in [2.24, 2.45) is 5.92 Å². The number of aromatic nitrogens is 2. The van der Waals surface area contributed by atoms with E-state index in [0.29, 0.717) is 5.95 Å². The smallest absolute Gasteiger partial charge is 0.225 e. The van der Waals surface area contributed by atoms with Crippen LogP contribution in [0.5, 0.6) is 0 Å². The lowest BCUT2D eigenvalue weighted by atomic mass is 9.95. The van der Waals surface area contributed by atoms with Crippen molar-refractivity contribution in [1.29, 1.82) is 0 Å². The molecule has 1 aliphatic rings. The lowest BCUT2D eigenvalue weighted by Crippen LogP contribution is -2.28. The van der Waals surface area contributed by atoms with E-state index < -0.39 is 0 Å². The van der Waals surface area contributed by atoms with Crippen LogP contribution < -0.4 is 16.0 Å². The normalized spacial score (nSPS) is 15.2. The predicted octanol–water partition coefficient (Wildman–Crippen LogP) is 3.38. The third-order valence-electron chi connectivity index (χ3n) is 4.45. The van der Waals surface area contributed by atoms with Crippen LogP contribution in [0.25, 0.3) is 11.3 Å². The lowest BCUT2D eigenvalue weighted by molar-refractivity contribution is 0.361. The van der Waals surface area contributed by atoms with Gasteiger partial charge in [0.05, 0.1) is 5.69 Å². The number of nitrogens with one attached hydrogen (secondary N) is 3. The fourth-order valence-corrected chi connectivity index (χ4v) is 3.11. The Labute approximate surface area is 144 Å². The molecule has 0 radical (unpaired) electrons. The van der Waals surface area contributed by atoms with Crippen molar-refractivity contribution in [2.45, 2.75) is 26.2 Å². The Bertz CT molecular complexity index is 623. The number of nitrogens with zero attached hydrogens (tertiary/aromatic N) is 2. The number of benzene rings is 1. The number of rotatable bonds is 7. The van der Waals surface area contributed by atoms with Gasteiger partial charge in [-0.3, -0.25) is 0 Å². The number of hydrogen-bond acceptors (Lipinski definition) is 5. The van der Waals surface area contributed by atoms with E-state index in [4.69, 9.17) is 0 Å². The second-order valence-electron chi connectivity index (χ2n) is 6.27. The Morgan fingerprint density at radius 2 is 1.88 bits per heavy atom. The summed E-state index contributed by atoms with van der Waals surface area (Å²) in [5.74, 6) is 2.40. The van der Waals surface area contributed by atoms with Crippen LogP contribution in [0.4, 0.5) is 11.8 Å². The van der Waals surface area contributed by atoms with Crippen LogP contribution in [0.1, 0.15) is 26.2 Å². The van der Waals surface area contributed by atoms with Gasteiger partial charge in [-0.25, -0.2) is 4.98 Å². The molecule has 3 rings (SSSR count). The van der Waals surface area contributed by atoms with E-state index in [1.807, 2.05) is 24.3 Å². The molecular weight excluding hydrogens is 298 g/mol. The fourth-order valence-electron chi connectivity index (χ4n) is 3.11. The first kappa shape index (κ1) is 16.7. The summed E-state index contributed by atoms with van der Waals surface area (Å²) >= 11 is 0. The maximum absolute atomic E-state index is 4.62. The fraction of sp³-hybridized carbons (Fsp3) is 0.474. The highest BCUT2D eigenvalue weighted by molar-refractivity contribution is 5.64. The van der Waals surface area contributed by atoms with Gasteiger partial charge in [-0.15, -0.1) is 0 Å². The zero-order valence-electron chi connectivity index (χ0n) is 14.4. The summed E-state index contributed by atoms with van der Waals surface area (Å²) in [6.07, 6.45) is 3.76. The molecule has 3 N–H and O–H groups in total. The van der Waals surface area contributed by atoms with Crippen LogP contribution in [0.15, 0.2) is 36.4 Å². The first-order valence-electron chi connectivity index (χ1n) is 8.98.